The van der Waals surface area contributed by atoms with E-state index in [0.717, 1.165) is 19.3 Å². The van der Waals surface area contributed by atoms with Crippen LogP contribution >= 0.6 is 23.2 Å². The summed E-state index contributed by atoms with van der Waals surface area (Å²) in [6.07, 6.45) is 3.12. The molecule has 186 valence electrons. The number of carbonyl (C=O) groups excluding carboxylic acids is 2. The molecule has 36 heavy (non-hydrogen) atoms. The lowest BCUT2D eigenvalue weighted by Gasteiger charge is -2.25. The molecule has 0 aromatic heterocycles. The van der Waals surface area contributed by atoms with E-state index >= 15 is 0 Å². The van der Waals surface area contributed by atoms with Crippen molar-refractivity contribution in [2.45, 2.75) is 32.2 Å². The average Bonchev–Trinajstić information content (AvgIpc) is 3.14. The summed E-state index contributed by atoms with van der Waals surface area (Å²) in [7, 11) is 0. The number of phenolic OH excluding ortho intramolecular Hbond substituents is 1. The van der Waals surface area contributed by atoms with Crippen molar-refractivity contribution in [1.29, 1.82) is 0 Å². The minimum absolute atomic E-state index is 0.0276. The van der Waals surface area contributed by atoms with Crippen LogP contribution in [0.5, 0.6) is 11.5 Å². The summed E-state index contributed by atoms with van der Waals surface area (Å²) in [5, 5.41) is 21.5. The first-order chi connectivity index (χ1) is 17.3. The topological polar surface area (TPSA) is 87.1 Å². The number of aliphatic hydroxyl groups is 1. The van der Waals surface area contributed by atoms with Gasteiger partial charge in [-0.15, -0.1) is 0 Å². The van der Waals surface area contributed by atoms with Crippen molar-refractivity contribution < 1.29 is 24.5 Å². The number of benzene rings is 3. The van der Waals surface area contributed by atoms with E-state index in [-0.39, 0.29) is 22.1 Å². The highest BCUT2D eigenvalue weighted by Gasteiger charge is 2.47. The summed E-state index contributed by atoms with van der Waals surface area (Å²) in [5.41, 5.74) is 1.16. The number of hydrogen-bond acceptors (Lipinski definition) is 5. The molecule has 4 rings (SSSR count). The molecule has 1 aliphatic heterocycles. The van der Waals surface area contributed by atoms with Crippen LogP contribution in [0.15, 0.2) is 72.3 Å². The lowest BCUT2D eigenvalue weighted by Crippen LogP contribution is -2.29. The molecule has 1 saturated heterocycles. The van der Waals surface area contributed by atoms with Crippen molar-refractivity contribution >= 4 is 46.3 Å². The molecule has 0 aliphatic carbocycles. The van der Waals surface area contributed by atoms with Crippen LogP contribution in [0.2, 0.25) is 10.0 Å². The molecule has 0 radical (unpaired) electrons. The number of carbonyl (C=O) groups is 2. The highest BCUT2D eigenvalue weighted by Crippen LogP contribution is 2.43. The number of anilines is 1. The van der Waals surface area contributed by atoms with E-state index in [0.29, 0.717) is 34.2 Å². The summed E-state index contributed by atoms with van der Waals surface area (Å²) in [4.78, 5) is 27.7. The van der Waals surface area contributed by atoms with Crippen molar-refractivity contribution in [1.82, 2.24) is 0 Å². The smallest absolute Gasteiger partial charge is 0.300 e. The summed E-state index contributed by atoms with van der Waals surface area (Å²) in [5.74, 6) is -1.29. The van der Waals surface area contributed by atoms with Gasteiger partial charge in [-0.25, -0.2) is 0 Å². The lowest BCUT2D eigenvalue weighted by atomic mass is 9.95. The van der Waals surface area contributed by atoms with E-state index in [1.165, 1.54) is 29.2 Å². The lowest BCUT2D eigenvalue weighted by molar-refractivity contribution is -0.132. The summed E-state index contributed by atoms with van der Waals surface area (Å²) in [6.45, 7) is 2.71. The van der Waals surface area contributed by atoms with E-state index in [9.17, 15) is 19.8 Å². The monoisotopic (exact) mass is 525 g/mol. The molecule has 1 fully saturated rings. The number of ketones is 1. The number of amides is 1. The number of phenols is 1. The van der Waals surface area contributed by atoms with Crippen LogP contribution in [0.4, 0.5) is 5.69 Å². The molecular weight excluding hydrogens is 501 g/mol. The zero-order chi connectivity index (χ0) is 25.8. The summed E-state index contributed by atoms with van der Waals surface area (Å²) < 4.78 is 5.73. The molecule has 0 spiro atoms. The minimum Gasteiger partial charge on any atom is -0.508 e. The Balaban J connectivity index is 1.76. The summed E-state index contributed by atoms with van der Waals surface area (Å²) >= 11 is 12.2. The number of Topliss-reactive ketones (excluding diaryl/α,β-unsaturated/α-hetero) is 1. The van der Waals surface area contributed by atoms with Crippen LogP contribution in [-0.2, 0) is 9.59 Å². The molecule has 1 heterocycles. The fourth-order valence-electron chi connectivity index (χ4n) is 4.11. The molecular formula is C28H25Cl2NO5. The number of unbranched alkanes of at least 4 members (excludes halogenated alkanes) is 2. The van der Waals surface area contributed by atoms with Crippen LogP contribution in [0.1, 0.15) is 43.4 Å². The number of rotatable bonds is 8. The predicted octanol–water partition coefficient (Wildman–Crippen LogP) is 6.89. The maximum absolute atomic E-state index is 13.2. The van der Waals surface area contributed by atoms with Crippen molar-refractivity contribution in [3.05, 3.63) is 93.5 Å². The molecule has 3 aromatic rings. The van der Waals surface area contributed by atoms with Crippen LogP contribution in [0, 0.1) is 0 Å². The maximum Gasteiger partial charge on any atom is 0.300 e. The van der Waals surface area contributed by atoms with Gasteiger partial charge >= 0.3 is 0 Å². The van der Waals surface area contributed by atoms with Crippen molar-refractivity contribution in [2.75, 3.05) is 11.5 Å². The van der Waals surface area contributed by atoms with Gasteiger partial charge in [0.25, 0.3) is 11.7 Å². The molecule has 3 aromatic carbocycles. The Labute approximate surface area is 219 Å². The molecule has 0 saturated carbocycles. The van der Waals surface area contributed by atoms with Gasteiger partial charge in [-0.2, -0.15) is 0 Å². The predicted molar refractivity (Wildman–Crippen MR) is 141 cm³/mol. The quantitative estimate of drug-likeness (QED) is 0.144. The van der Waals surface area contributed by atoms with Gasteiger partial charge < -0.3 is 14.9 Å². The van der Waals surface area contributed by atoms with Gasteiger partial charge in [-0.3, -0.25) is 14.5 Å². The third-order valence-corrected chi connectivity index (χ3v) is 6.72. The molecule has 1 amide bonds. The Bertz CT molecular complexity index is 1300. The van der Waals surface area contributed by atoms with E-state index in [4.69, 9.17) is 27.9 Å². The van der Waals surface area contributed by atoms with Gasteiger partial charge in [0.05, 0.1) is 28.3 Å². The first kappa shape index (κ1) is 25.6. The van der Waals surface area contributed by atoms with E-state index in [1.807, 2.05) is 0 Å². The molecule has 1 atom stereocenters. The average molecular weight is 526 g/mol. The first-order valence-electron chi connectivity index (χ1n) is 11.6. The van der Waals surface area contributed by atoms with Crippen LogP contribution in [0.3, 0.4) is 0 Å². The molecule has 8 heteroatoms. The Morgan fingerprint density at radius 1 is 0.944 bits per heavy atom. The Kier molecular flexibility index (Phi) is 7.87. The normalized spacial score (nSPS) is 17.0. The SMILES string of the molecule is CCCCCOc1ccc(/C(O)=C2\C(=O)C(=O)N(c3ccc(Cl)c(Cl)c3)C2c2ccc(O)cc2)cc1. The van der Waals surface area contributed by atoms with Crippen LogP contribution < -0.4 is 9.64 Å². The van der Waals surface area contributed by atoms with Crippen LogP contribution in [-0.4, -0.2) is 28.5 Å². The van der Waals surface area contributed by atoms with E-state index < -0.39 is 17.7 Å². The number of nitrogens with zero attached hydrogens (tertiary/aromatic N) is 1. The molecule has 1 unspecified atom stereocenters. The molecule has 0 bridgehead atoms. The van der Waals surface area contributed by atoms with Crippen LogP contribution in [0.25, 0.3) is 5.76 Å². The highest BCUT2D eigenvalue weighted by molar-refractivity contribution is 6.52. The second-order valence-electron chi connectivity index (χ2n) is 8.44. The number of hydrogen-bond donors (Lipinski definition) is 2. The molecule has 1 aliphatic rings. The third kappa shape index (κ3) is 5.20. The number of halogens is 2. The third-order valence-electron chi connectivity index (χ3n) is 5.98. The van der Waals surface area contributed by atoms with Gasteiger partial charge in [0.15, 0.2) is 0 Å². The Morgan fingerprint density at radius 2 is 1.64 bits per heavy atom. The van der Waals surface area contributed by atoms with Crippen molar-refractivity contribution in [3.8, 4) is 11.5 Å². The molecule has 2 N–H and O–H groups in total. The number of ether oxygens (including phenoxy) is 1. The van der Waals surface area contributed by atoms with E-state index in [2.05, 4.69) is 6.92 Å². The zero-order valence-corrected chi connectivity index (χ0v) is 21.1. The standard InChI is InChI=1S/C28H25Cl2NO5/c1-2-3-4-15-36-21-12-7-18(8-13-21)26(33)24-25(17-5-10-20(32)11-6-17)31(28(35)27(24)34)19-9-14-22(29)23(30)16-19/h5-14,16,25,32-33H,2-4,15H2,1H3/b26-24+. The second kappa shape index (κ2) is 11.1. The van der Waals surface area contributed by atoms with Gasteiger partial charge in [0, 0.05) is 11.3 Å². The maximum atomic E-state index is 13.2. The Morgan fingerprint density at radius 3 is 2.28 bits per heavy atom. The van der Waals surface area contributed by atoms with Gasteiger partial charge in [0.2, 0.25) is 0 Å². The van der Waals surface area contributed by atoms with Gasteiger partial charge in [-0.1, -0.05) is 55.1 Å². The summed E-state index contributed by atoms with van der Waals surface area (Å²) in [6, 6.07) is 16.5. The fourth-order valence-corrected chi connectivity index (χ4v) is 4.40. The van der Waals surface area contributed by atoms with Gasteiger partial charge in [0.1, 0.15) is 17.3 Å². The Hall–Kier alpha value is -3.48. The largest absolute Gasteiger partial charge is 0.508 e. The zero-order valence-electron chi connectivity index (χ0n) is 19.6. The second-order valence-corrected chi connectivity index (χ2v) is 9.25. The van der Waals surface area contributed by atoms with Gasteiger partial charge in [-0.05, 0) is 66.6 Å². The number of aromatic hydroxyl groups is 1. The number of aliphatic hydroxyl groups excluding tert-OH is 1. The molecule has 6 nitrogen and oxygen atoms in total. The highest BCUT2D eigenvalue weighted by atomic mass is 35.5. The first-order valence-corrected chi connectivity index (χ1v) is 12.4. The van der Waals surface area contributed by atoms with E-state index in [1.54, 1.807) is 42.5 Å². The van der Waals surface area contributed by atoms with Crippen molar-refractivity contribution in [2.24, 2.45) is 0 Å². The minimum atomic E-state index is -0.951. The fraction of sp³-hybridized carbons (Fsp3) is 0.214. The van der Waals surface area contributed by atoms with Crippen molar-refractivity contribution in [3.63, 3.8) is 0 Å².